The molecule has 1 aliphatic heterocycles. The summed E-state index contributed by atoms with van der Waals surface area (Å²) < 4.78 is 26.8. The Hall–Kier alpha value is -1.93. The van der Waals surface area contributed by atoms with Crippen molar-refractivity contribution in [1.82, 2.24) is 4.72 Å². The maximum absolute atomic E-state index is 12.2. The van der Waals surface area contributed by atoms with Gasteiger partial charge in [0.1, 0.15) is 0 Å². The summed E-state index contributed by atoms with van der Waals surface area (Å²) in [5, 5.41) is 8.53. The van der Waals surface area contributed by atoms with E-state index >= 15 is 0 Å². The van der Waals surface area contributed by atoms with Crippen LogP contribution in [0.2, 0.25) is 0 Å². The average Bonchev–Trinajstić information content (AvgIpc) is 2.86. The van der Waals surface area contributed by atoms with Gasteiger partial charge in [0.15, 0.2) is 0 Å². The fourth-order valence-corrected chi connectivity index (χ4v) is 3.48. The number of amides is 1. The number of aliphatic carboxylic acids is 1. The number of carboxylic acids is 1. The van der Waals surface area contributed by atoms with Gasteiger partial charge in [-0.1, -0.05) is 6.07 Å². The van der Waals surface area contributed by atoms with E-state index in [-0.39, 0.29) is 30.2 Å². The number of carboxylic acid groups (broad SMARTS) is 1. The first kappa shape index (κ1) is 16.4. The van der Waals surface area contributed by atoms with E-state index in [1.165, 1.54) is 19.1 Å². The van der Waals surface area contributed by atoms with Gasteiger partial charge in [-0.25, -0.2) is 13.1 Å². The minimum Gasteiger partial charge on any atom is -0.481 e. The van der Waals surface area contributed by atoms with Crippen LogP contribution < -0.4 is 9.62 Å². The largest absolute Gasteiger partial charge is 0.481 e. The first-order valence-corrected chi connectivity index (χ1v) is 8.42. The Bertz CT molecular complexity index is 699. The highest BCUT2D eigenvalue weighted by Gasteiger charge is 2.24. The van der Waals surface area contributed by atoms with Crippen molar-refractivity contribution in [2.45, 2.75) is 31.1 Å². The average molecular weight is 326 g/mol. The Morgan fingerprint density at radius 3 is 2.73 bits per heavy atom. The van der Waals surface area contributed by atoms with Gasteiger partial charge in [-0.05, 0) is 30.5 Å². The third-order valence-electron chi connectivity index (χ3n) is 3.50. The quantitative estimate of drug-likeness (QED) is 0.750. The van der Waals surface area contributed by atoms with Crippen molar-refractivity contribution >= 4 is 27.6 Å². The molecule has 1 aromatic rings. The van der Waals surface area contributed by atoms with E-state index in [0.29, 0.717) is 18.7 Å². The standard InChI is InChI=1S/C14H18N2O5S/c1-10(17)16-8-6-11-4-5-12(9-13(11)16)22(20,21)15-7-2-3-14(18)19/h4-5,9,15H,2-3,6-8H2,1H3,(H,18,19). The number of carbonyl (C=O) groups excluding carboxylic acids is 1. The fraction of sp³-hybridized carbons (Fsp3) is 0.429. The van der Waals surface area contributed by atoms with Crippen LogP contribution in [0.15, 0.2) is 23.1 Å². The summed E-state index contributed by atoms with van der Waals surface area (Å²) >= 11 is 0. The van der Waals surface area contributed by atoms with Gasteiger partial charge in [0.05, 0.1) is 4.90 Å². The molecule has 0 atom stereocenters. The molecule has 0 aliphatic carbocycles. The summed E-state index contributed by atoms with van der Waals surface area (Å²) in [6.07, 6.45) is 0.838. The summed E-state index contributed by atoms with van der Waals surface area (Å²) in [5.74, 6) is -1.09. The van der Waals surface area contributed by atoms with Crippen molar-refractivity contribution < 1.29 is 23.1 Å². The van der Waals surface area contributed by atoms with Gasteiger partial charge >= 0.3 is 5.97 Å². The predicted molar refractivity (Wildman–Crippen MR) is 80.2 cm³/mol. The zero-order chi connectivity index (χ0) is 16.3. The van der Waals surface area contributed by atoms with Crippen LogP contribution in [0.3, 0.4) is 0 Å². The van der Waals surface area contributed by atoms with Gasteiger partial charge in [-0.2, -0.15) is 0 Å². The summed E-state index contributed by atoms with van der Waals surface area (Å²) in [4.78, 5) is 23.6. The molecule has 0 saturated heterocycles. The lowest BCUT2D eigenvalue weighted by molar-refractivity contribution is -0.137. The molecule has 1 aromatic carbocycles. The molecule has 0 unspecified atom stereocenters. The van der Waals surface area contributed by atoms with E-state index in [1.54, 1.807) is 11.0 Å². The second kappa shape index (κ2) is 6.45. The van der Waals surface area contributed by atoms with Gasteiger partial charge in [-0.15, -0.1) is 0 Å². The number of hydrogen-bond donors (Lipinski definition) is 2. The number of fused-ring (bicyclic) bond motifs is 1. The monoisotopic (exact) mass is 326 g/mol. The molecule has 8 heteroatoms. The third-order valence-corrected chi connectivity index (χ3v) is 4.96. The SMILES string of the molecule is CC(=O)N1CCc2ccc(S(=O)(=O)NCCCC(=O)O)cc21. The summed E-state index contributed by atoms with van der Waals surface area (Å²) in [7, 11) is -3.71. The molecule has 0 aromatic heterocycles. The van der Waals surface area contributed by atoms with E-state index < -0.39 is 16.0 Å². The molecule has 1 heterocycles. The normalized spacial score (nSPS) is 14.0. The van der Waals surface area contributed by atoms with Crippen LogP contribution >= 0.6 is 0 Å². The summed E-state index contributed by atoms with van der Waals surface area (Å²) in [5.41, 5.74) is 1.57. The molecule has 2 N–H and O–H groups in total. The number of benzene rings is 1. The Balaban J connectivity index is 2.14. The van der Waals surface area contributed by atoms with Crippen LogP contribution in [0.4, 0.5) is 5.69 Å². The second-order valence-electron chi connectivity index (χ2n) is 5.11. The van der Waals surface area contributed by atoms with Gasteiger partial charge in [0.25, 0.3) is 0 Å². The van der Waals surface area contributed by atoms with E-state index in [1.807, 2.05) is 0 Å². The number of rotatable bonds is 6. The van der Waals surface area contributed by atoms with Gasteiger partial charge < -0.3 is 10.0 Å². The third kappa shape index (κ3) is 3.63. The first-order chi connectivity index (χ1) is 10.3. The molecular weight excluding hydrogens is 308 g/mol. The van der Waals surface area contributed by atoms with E-state index in [4.69, 9.17) is 5.11 Å². The molecule has 0 spiro atoms. The van der Waals surface area contributed by atoms with E-state index in [0.717, 1.165) is 5.56 Å². The molecule has 1 aliphatic rings. The number of hydrogen-bond acceptors (Lipinski definition) is 4. The van der Waals surface area contributed by atoms with Gasteiger partial charge in [-0.3, -0.25) is 9.59 Å². The van der Waals surface area contributed by atoms with Crippen molar-refractivity contribution in [2.75, 3.05) is 18.0 Å². The molecule has 1 amide bonds. The van der Waals surface area contributed by atoms with Crippen LogP contribution in [0, 0.1) is 0 Å². The van der Waals surface area contributed by atoms with E-state index in [2.05, 4.69) is 4.72 Å². The number of sulfonamides is 1. The maximum atomic E-state index is 12.2. The smallest absolute Gasteiger partial charge is 0.303 e. The van der Waals surface area contributed by atoms with Crippen molar-refractivity contribution in [3.8, 4) is 0 Å². The zero-order valence-electron chi connectivity index (χ0n) is 12.2. The van der Waals surface area contributed by atoms with Gasteiger partial charge in [0, 0.05) is 32.1 Å². The molecule has 0 fully saturated rings. The fourth-order valence-electron chi connectivity index (χ4n) is 2.38. The number of nitrogens with one attached hydrogen (secondary N) is 1. The van der Waals surface area contributed by atoms with E-state index in [9.17, 15) is 18.0 Å². The second-order valence-corrected chi connectivity index (χ2v) is 6.87. The Morgan fingerprint density at radius 1 is 1.36 bits per heavy atom. The highest BCUT2D eigenvalue weighted by Crippen LogP contribution is 2.30. The molecule has 0 saturated carbocycles. The molecule has 22 heavy (non-hydrogen) atoms. The van der Waals surface area contributed by atoms with Crippen LogP contribution in [0.5, 0.6) is 0 Å². The minimum absolute atomic E-state index is 0.0577. The van der Waals surface area contributed by atoms with Crippen LogP contribution in [-0.4, -0.2) is 38.5 Å². The Labute approximate surface area is 129 Å². The zero-order valence-corrected chi connectivity index (χ0v) is 13.0. The molecule has 7 nitrogen and oxygen atoms in total. The van der Waals surface area contributed by atoms with Crippen molar-refractivity contribution in [3.63, 3.8) is 0 Å². The lowest BCUT2D eigenvalue weighted by Crippen LogP contribution is -2.27. The highest BCUT2D eigenvalue weighted by molar-refractivity contribution is 7.89. The van der Waals surface area contributed by atoms with Crippen LogP contribution in [-0.2, 0) is 26.0 Å². The van der Waals surface area contributed by atoms with Crippen LogP contribution in [0.25, 0.3) is 0 Å². The van der Waals surface area contributed by atoms with Gasteiger partial charge in [0.2, 0.25) is 15.9 Å². The van der Waals surface area contributed by atoms with Crippen molar-refractivity contribution in [2.24, 2.45) is 0 Å². The van der Waals surface area contributed by atoms with Crippen molar-refractivity contribution in [3.05, 3.63) is 23.8 Å². The Kier molecular flexibility index (Phi) is 4.82. The molecular formula is C14H18N2O5S. The first-order valence-electron chi connectivity index (χ1n) is 6.94. The topological polar surface area (TPSA) is 104 Å². The minimum atomic E-state index is -3.71. The predicted octanol–water partition coefficient (Wildman–Crippen LogP) is 0.739. The Morgan fingerprint density at radius 2 is 2.09 bits per heavy atom. The number of nitrogens with zero attached hydrogens (tertiary/aromatic N) is 1. The maximum Gasteiger partial charge on any atom is 0.303 e. The summed E-state index contributed by atoms with van der Waals surface area (Å²) in [6, 6.07) is 4.70. The summed E-state index contributed by atoms with van der Waals surface area (Å²) in [6.45, 7) is 2.06. The number of anilines is 1. The van der Waals surface area contributed by atoms with Crippen LogP contribution in [0.1, 0.15) is 25.3 Å². The molecule has 0 bridgehead atoms. The lowest BCUT2D eigenvalue weighted by atomic mass is 10.2. The molecule has 2 rings (SSSR count). The highest BCUT2D eigenvalue weighted by atomic mass is 32.2. The lowest BCUT2D eigenvalue weighted by Gasteiger charge is -2.15. The van der Waals surface area contributed by atoms with Crippen molar-refractivity contribution in [1.29, 1.82) is 0 Å². The number of carbonyl (C=O) groups is 2. The molecule has 0 radical (unpaired) electrons. The molecule has 120 valence electrons.